The van der Waals surface area contributed by atoms with E-state index in [-0.39, 0.29) is 23.2 Å². The highest BCUT2D eigenvalue weighted by atomic mass is 16.5. The summed E-state index contributed by atoms with van der Waals surface area (Å²) < 4.78 is 5.76. The third-order valence-corrected chi connectivity index (χ3v) is 5.09. The van der Waals surface area contributed by atoms with E-state index < -0.39 is 6.10 Å². The van der Waals surface area contributed by atoms with Gasteiger partial charge in [0, 0.05) is 12.5 Å². The molecular weight excluding hydrogens is 352 g/mol. The lowest BCUT2D eigenvalue weighted by atomic mass is 9.79. The minimum atomic E-state index is -0.535. The molecule has 2 N–H and O–H groups in total. The number of phenolic OH excluding ortho intramolecular Hbond substituents is 1. The van der Waals surface area contributed by atoms with Crippen molar-refractivity contribution in [2.24, 2.45) is 5.41 Å². The van der Waals surface area contributed by atoms with Crippen molar-refractivity contribution in [1.29, 1.82) is 0 Å². The van der Waals surface area contributed by atoms with Gasteiger partial charge in [-0.05, 0) is 67.4 Å². The Balaban J connectivity index is 2.09. The molecule has 0 spiro atoms. The Labute approximate surface area is 168 Å². The van der Waals surface area contributed by atoms with Gasteiger partial charge in [0.05, 0.1) is 6.10 Å². The van der Waals surface area contributed by atoms with Crippen molar-refractivity contribution in [1.82, 2.24) is 0 Å². The van der Waals surface area contributed by atoms with Crippen molar-refractivity contribution in [3.63, 3.8) is 0 Å². The molecule has 0 heterocycles. The van der Waals surface area contributed by atoms with Gasteiger partial charge in [0.15, 0.2) is 0 Å². The zero-order valence-electron chi connectivity index (χ0n) is 17.1. The SMILES string of the molecule is C=C1CCC=C(C)C[C@H](OC(=O)C=Cc2ccc(O)cc2)CC(C)(C)C[C@H]1O. The lowest BCUT2D eigenvalue weighted by Crippen LogP contribution is -2.29. The van der Waals surface area contributed by atoms with Crippen LogP contribution in [0.1, 0.15) is 58.4 Å². The summed E-state index contributed by atoms with van der Waals surface area (Å²) in [5.41, 5.74) is 2.68. The van der Waals surface area contributed by atoms with E-state index >= 15 is 0 Å². The second-order valence-corrected chi connectivity index (χ2v) is 8.52. The molecule has 0 radical (unpaired) electrons. The first-order chi connectivity index (χ1) is 13.1. The summed E-state index contributed by atoms with van der Waals surface area (Å²) in [5.74, 6) is -0.201. The van der Waals surface area contributed by atoms with Crippen LogP contribution in [0.15, 0.2) is 54.1 Å². The zero-order chi connectivity index (χ0) is 20.7. The first-order valence-corrected chi connectivity index (χ1v) is 9.84. The van der Waals surface area contributed by atoms with Crippen molar-refractivity contribution >= 4 is 12.0 Å². The fourth-order valence-electron chi connectivity index (χ4n) is 3.59. The van der Waals surface area contributed by atoms with Crippen LogP contribution in [-0.4, -0.2) is 28.4 Å². The average molecular weight is 385 g/mol. The molecule has 0 aromatic heterocycles. The lowest BCUT2D eigenvalue weighted by molar-refractivity contribution is -0.144. The molecule has 0 saturated carbocycles. The average Bonchev–Trinajstić information content (AvgIpc) is 2.60. The number of allylic oxidation sites excluding steroid dienone is 1. The molecule has 2 rings (SSSR count). The predicted molar refractivity (Wildman–Crippen MR) is 113 cm³/mol. The number of hydrogen-bond donors (Lipinski definition) is 2. The number of aliphatic hydroxyl groups excluding tert-OH is 1. The number of hydrogen-bond acceptors (Lipinski definition) is 4. The van der Waals surface area contributed by atoms with Crippen LogP contribution in [0.5, 0.6) is 5.75 Å². The first-order valence-electron chi connectivity index (χ1n) is 9.84. The zero-order valence-corrected chi connectivity index (χ0v) is 17.1. The van der Waals surface area contributed by atoms with Crippen LogP contribution in [0.25, 0.3) is 6.08 Å². The summed E-state index contributed by atoms with van der Waals surface area (Å²) >= 11 is 0. The predicted octanol–water partition coefficient (Wildman–Crippen LogP) is 5.17. The molecule has 0 saturated heterocycles. The van der Waals surface area contributed by atoms with E-state index in [0.717, 1.165) is 24.0 Å². The van der Waals surface area contributed by atoms with E-state index in [0.29, 0.717) is 19.3 Å². The van der Waals surface area contributed by atoms with Crippen molar-refractivity contribution < 1.29 is 19.7 Å². The molecule has 0 unspecified atom stereocenters. The van der Waals surface area contributed by atoms with Crippen LogP contribution in [0.3, 0.4) is 0 Å². The molecule has 0 bridgehead atoms. The number of esters is 1. The van der Waals surface area contributed by atoms with Crippen LogP contribution < -0.4 is 0 Å². The molecule has 0 fully saturated rings. The minimum absolute atomic E-state index is 0.182. The largest absolute Gasteiger partial charge is 0.508 e. The summed E-state index contributed by atoms with van der Waals surface area (Å²) in [6.45, 7) is 10.3. The minimum Gasteiger partial charge on any atom is -0.508 e. The Bertz CT molecular complexity index is 740. The standard InChI is InChI=1S/C24H32O4/c1-17-6-5-7-18(2)22(26)16-24(3,4)15-21(14-17)28-23(27)13-10-19-8-11-20(25)12-9-19/h6,8-13,21-22,25-26H,2,5,7,14-16H2,1,3-4H3/t21-,22+/m0/s1. The van der Waals surface area contributed by atoms with Gasteiger partial charge in [-0.2, -0.15) is 0 Å². The molecule has 28 heavy (non-hydrogen) atoms. The number of aromatic hydroxyl groups is 1. The molecule has 152 valence electrons. The van der Waals surface area contributed by atoms with Gasteiger partial charge in [0.25, 0.3) is 0 Å². The number of carbonyl (C=O) groups excluding carboxylic acids is 1. The van der Waals surface area contributed by atoms with Crippen LogP contribution >= 0.6 is 0 Å². The smallest absolute Gasteiger partial charge is 0.331 e. The maximum absolute atomic E-state index is 12.4. The number of ether oxygens (including phenoxy) is 1. The van der Waals surface area contributed by atoms with Gasteiger partial charge in [-0.1, -0.05) is 44.2 Å². The number of rotatable bonds is 3. The molecule has 1 aliphatic carbocycles. The van der Waals surface area contributed by atoms with Crippen LogP contribution in [-0.2, 0) is 9.53 Å². The number of carbonyl (C=O) groups is 1. The molecule has 1 aromatic rings. The van der Waals surface area contributed by atoms with Crippen molar-refractivity contribution in [2.75, 3.05) is 0 Å². The molecule has 2 atom stereocenters. The van der Waals surface area contributed by atoms with E-state index in [9.17, 15) is 15.0 Å². The quantitative estimate of drug-likeness (QED) is 0.428. The molecule has 0 amide bonds. The maximum atomic E-state index is 12.4. The normalized spacial score (nSPS) is 23.7. The van der Waals surface area contributed by atoms with Crippen molar-refractivity contribution in [2.45, 2.75) is 65.1 Å². The van der Waals surface area contributed by atoms with Gasteiger partial charge < -0.3 is 14.9 Å². The Morgan fingerprint density at radius 1 is 1.25 bits per heavy atom. The van der Waals surface area contributed by atoms with Crippen LogP contribution in [0.4, 0.5) is 0 Å². The fourth-order valence-corrected chi connectivity index (χ4v) is 3.59. The van der Waals surface area contributed by atoms with E-state index in [4.69, 9.17) is 4.74 Å². The topological polar surface area (TPSA) is 66.8 Å². The number of phenols is 1. The third kappa shape index (κ3) is 7.35. The molecule has 4 heteroatoms. The summed E-state index contributed by atoms with van der Waals surface area (Å²) in [6, 6.07) is 6.61. The first kappa shape index (κ1) is 22.0. The second-order valence-electron chi connectivity index (χ2n) is 8.52. The highest BCUT2D eigenvalue weighted by Crippen LogP contribution is 2.34. The summed E-state index contributed by atoms with van der Waals surface area (Å²) in [7, 11) is 0. The Morgan fingerprint density at radius 3 is 2.61 bits per heavy atom. The molecule has 4 nitrogen and oxygen atoms in total. The van der Waals surface area contributed by atoms with Gasteiger partial charge in [-0.3, -0.25) is 0 Å². The van der Waals surface area contributed by atoms with E-state index in [2.05, 4.69) is 33.4 Å². The van der Waals surface area contributed by atoms with Gasteiger partial charge in [0.2, 0.25) is 0 Å². The Morgan fingerprint density at radius 2 is 1.93 bits per heavy atom. The van der Waals surface area contributed by atoms with E-state index in [1.54, 1.807) is 30.3 Å². The maximum Gasteiger partial charge on any atom is 0.331 e. The molecule has 1 aliphatic rings. The summed E-state index contributed by atoms with van der Waals surface area (Å²) in [5, 5.41) is 19.8. The van der Waals surface area contributed by atoms with Crippen LogP contribution in [0.2, 0.25) is 0 Å². The highest BCUT2D eigenvalue weighted by molar-refractivity contribution is 5.87. The third-order valence-electron chi connectivity index (χ3n) is 5.09. The van der Waals surface area contributed by atoms with Gasteiger partial charge in [-0.15, -0.1) is 0 Å². The van der Waals surface area contributed by atoms with Gasteiger partial charge in [0.1, 0.15) is 11.9 Å². The van der Waals surface area contributed by atoms with Gasteiger partial charge >= 0.3 is 5.97 Å². The summed E-state index contributed by atoms with van der Waals surface area (Å²) in [4.78, 5) is 12.4. The number of aliphatic hydroxyl groups is 1. The Hall–Kier alpha value is -2.33. The molecular formula is C24H32O4. The molecule has 1 aromatic carbocycles. The van der Waals surface area contributed by atoms with E-state index in [1.807, 2.05) is 0 Å². The van der Waals surface area contributed by atoms with Crippen LogP contribution in [0, 0.1) is 5.41 Å². The molecule has 0 aliphatic heterocycles. The highest BCUT2D eigenvalue weighted by Gasteiger charge is 2.29. The summed E-state index contributed by atoms with van der Waals surface area (Å²) in [6.07, 6.45) is 8.01. The number of benzene rings is 1. The monoisotopic (exact) mass is 384 g/mol. The van der Waals surface area contributed by atoms with Crippen molar-refractivity contribution in [3.05, 3.63) is 59.7 Å². The van der Waals surface area contributed by atoms with Gasteiger partial charge in [-0.25, -0.2) is 4.79 Å². The lowest BCUT2D eigenvalue weighted by Gasteiger charge is -2.31. The van der Waals surface area contributed by atoms with Crippen molar-refractivity contribution in [3.8, 4) is 5.75 Å². The fraction of sp³-hybridized carbons (Fsp3) is 0.458. The second kappa shape index (κ2) is 9.74. The Kier molecular flexibility index (Phi) is 7.64. The van der Waals surface area contributed by atoms with E-state index in [1.165, 1.54) is 11.6 Å².